The summed E-state index contributed by atoms with van der Waals surface area (Å²) in [7, 11) is 0. The standard InChI is InChI=1S/C30H37N5O4S/c1-20-16-21(2)33-30(32-20)40-19-29(38)35-24-7-5-6-22(17-24)18-39-25-12-10-23(11-13-25)34-28(37)14-15-31-26-8-3-4-9-27(26)36/h5-7,10-13,16-17,26-27,31,36H,3-4,8-9,14-15,18-19H2,1-2H3,(H,34,37)(H,35,38)/t26-,27-/m1/s1. The molecule has 9 nitrogen and oxygen atoms in total. The molecule has 4 rings (SSSR count). The van der Waals surface area contributed by atoms with E-state index in [2.05, 4.69) is 25.9 Å². The summed E-state index contributed by atoms with van der Waals surface area (Å²) in [6, 6.07) is 16.7. The van der Waals surface area contributed by atoms with E-state index in [1.807, 2.05) is 56.3 Å². The monoisotopic (exact) mass is 563 g/mol. The number of rotatable bonds is 12. The summed E-state index contributed by atoms with van der Waals surface area (Å²) in [5.74, 6) is 0.674. The number of aliphatic hydroxyl groups excluding tert-OH is 1. The van der Waals surface area contributed by atoms with Gasteiger partial charge >= 0.3 is 0 Å². The molecule has 2 aromatic carbocycles. The third kappa shape index (κ3) is 9.62. The molecule has 3 aromatic rings. The number of anilines is 2. The molecular formula is C30H37N5O4S. The zero-order chi connectivity index (χ0) is 28.3. The smallest absolute Gasteiger partial charge is 0.234 e. The molecule has 0 saturated heterocycles. The number of aryl methyl sites for hydroxylation is 2. The van der Waals surface area contributed by atoms with Gasteiger partial charge in [0.05, 0.1) is 11.9 Å². The van der Waals surface area contributed by atoms with E-state index in [9.17, 15) is 14.7 Å². The molecule has 212 valence electrons. The first-order chi connectivity index (χ1) is 19.3. The van der Waals surface area contributed by atoms with Crippen LogP contribution in [-0.2, 0) is 16.2 Å². The Kier molecular flexibility index (Phi) is 10.9. The highest BCUT2D eigenvalue weighted by Gasteiger charge is 2.22. The average molecular weight is 564 g/mol. The van der Waals surface area contributed by atoms with Crippen LogP contribution >= 0.6 is 11.8 Å². The molecule has 2 amide bonds. The topological polar surface area (TPSA) is 125 Å². The first-order valence-electron chi connectivity index (χ1n) is 13.6. The number of hydrogen-bond donors (Lipinski definition) is 4. The highest BCUT2D eigenvalue weighted by molar-refractivity contribution is 7.99. The largest absolute Gasteiger partial charge is 0.489 e. The lowest BCUT2D eigenvalue weighted by molar-refractivity contribution is -0.116. The zero-order valence-corrected chi connectivity index (χ0v) is 23.8. The lowest BCUT2D eigenvalue weighted by atomic mass is 9.92. The fraction of sp³-hybridized carbons (Fsp3) is 0.400. The van der Waals surface area contributed by atoms with Crippen LogP contribution in [0.5, 0.6) is 5.75 Å². The molecule has 0 aliphatic heterocycles. The van der Waals surface area contributed by atoms with Crippen molar-refractivity contribution in [1.82, 2.24) is 15.3 Å². The van der Waals surface area contributed by atoms with Gasteiger partial charge < -0.3 is 25.8 Å². The van der Waals surface area contributed by atoms with Crippen molar-refractivity contribution >= 4 is 35.0 Å². The van der Waals surface area contributed by atoms with Gasteiger partial charge in [0.25, 0.3) is 0 Å². The van der Waals surface area contributed by atoms with E-state index >= 15 is 0 Å². The molecule has 0 bridgehead atoms. The normalized spacial score (nSPS) is 16.8. The van der Waals surface area contributed by atoms with Crippen LogP contribution in [-0.4, -0.2) is 51.3 Å². The molecule has 0 spiro atoms. The second kappa shape index (κ2) is 14.8. The van der Waals surface area contributed by atoms with Crippen LogP contribution < -0.4 is 20.7 Å². The van der Waals surface area contributed by atoms with Crippen LogP contribution in [0.15, 0.2) is 59.8 Å². The summed E-state index contributed by atoms with van der Waals surface area (Å²) in [5.41, 5.74) is 4.06. The lowest BCUT2D eigenvalue weighted by Gasteiger charge is -2.28. The Morgan fingerprint density at radius 3 is 2.42 bits per heavy atom. The van der Waals surface area contributed by atoms with E-state index in [0.717, 1.165) is 42.6 Å². The van der Waals surface area contributed by atoms with E-state index in [1.54, 1.807) is 12.1 Å². The van der Waals surface area contributed by atoms with Crippen molar-refractivity contribution in [2.24, 2.45) is 0 Å². The Morgan fingerprint density at radius 2 is 1.68 bits per heavy atom. The van der Waals surface area contributed by atoms with Gasteiger partial charge in [0.2, 0.25) is 11.8 Å². The molecule has 10 heteroatoms. The number of thioether (sulfide) groups is 1. The van der Waals surface area contributed by atoms with E-state index in [-0.39, 0.29) is 29.7 Å². The number of nitrogens with one attached hydrogen (secondary N) is 3. The van der Waals surface area contributed by atoms with E-state index in [0.29, 0.717) is 41.9 Å². The maximum absolute atomic E-state index is 12.4. The molecule has 0 unspecified atom stereocenters. The summed E-state index contributed by atoms with van der Waals surface area (Å²) in [4.78, 5) is 33.4. The second-order valence-corrected chi connectivity index (χ2v) is 10.9. The van der Waals surface area contributed by atoms with Crippen molar-refractivity contribution in [2.45, 2.75) is 69.9 Å². The molecule has 2 atom stereocenters. The van der Waals surface area contributed by atoms with Crippen LogP contribution in [0, 0.1) is 13.8 Å². The number of nitrogens with zero attached hydrogens (tertiary/aromatic N) is 2. The first kappa shape index (κ1) is 29.5. The van der Waals surface area contributed by atoms with Crippen molar-refractivity contribution in [2.75, 3.05) is 22.9 Å². The van der Waals surface area contributed by atoms with Gasteiger partial charge in [-0.2, -0.15) is 0 Å². The van der Waals surface area contributed by atoms with Crippen LogP contribution in [0.25, 0.3) is 0 Å². The number of carbonyl (C=O) groups is 2. The first-order valence-corrected chi connectivity index (χ1v) is 14.6. The van der Waals surface area contributed by atoms with Gasteiger partial charge in [-0.15, -0.1) is 0 Å². The van der Waals surface area contributed by atoms with E-state index < -0.39 is 0 Å². The Balaban J connectivity index is 1.18. The number of aliphatic hydroxyl groups is 1. The van der Waals surface area contributed by atoms with Gasteiger partial charge in [0.1, 0.15) is 12.4 Å². The van der Waals surface area contributed by atoms with Crippen molar-refractivity contribution in [3.05, 3.63) is 71.5 Å². The van der Waals surface area contributed by atoms with Crippen molar-refractivity contribution in [3.8, 4) is 5.75 Å². The fourth-order valence-electron chi connectivity index (χ4n) is 4.57. The number of hydrogen-bond acceptors (Lipinski definition) is 8. The van der Waals surface area contributed by atoms with E-state index in [4.69, 9.17) is 4.74 Å². The second-order valence-electron chi connectivity index (χ2n) is 9.99. The van der Waals surface area contributed by atoms with Crippen LogP contribution in [0.4, 0.5) is 11.4 Å². The minimum Gasteiger partial charge on any atom is -0.489 e. The molecule has 4 N–H and O–H groups in total. The summed E-state index contributed by atoms with van der Waals surface area (Å²) in [5, 5.41) is 19.7. The summed E-state index contributed by atoms with van der Waals surface area (Å²) in [6.07, 6.45) is 3.97. The van der Waals surface area contributed by atoms with Crippen LogP contribution in [0.1, 0.15) is 49.1 Å². The number of ether oxygens (including phenoxy) is 1. The third-order valence-electron chi connectivity index (χ3n) is 6.54. The summed E-state index contributed by atoms with van der Waals surface area (Å²) in [6.45, 7) is 4.68. The number of amides is 2. The van der Waals surface area contributed by atoms with Gasteiger partial charge in [-0.25, -0.2) is 9.97 Å². The molecule has 40 heavy (non-hydrogen) atoms. The Morgan fingerprint density at radius 1 is 0.950 bits per heavy atom. The van der Waals surface area contributed by atoms with Crippen molar-refractivity contribution in [3.63, 3.8) is 0 Å². The maximum Gasteiger partial charge on any atom is 0.234 e. The predicted molar refractivity (Wildman–Crippen MR) is 158 cm³/mol. The molecule has 1 saturated carbocycles. The zero-order valence-electron chi connectivity index (χ0n) is 23.0. The average Bonchev–Trinajstić information content (AvgIpc) is 2.92. The van der Waals surface area contributed by atoms with Gasteiger partial charge in [-0.05, 0) is 74.7 Å². The van der Waals surface area contributed by atoms with Crippen molar-refractivity contribution in [1.29, 1.82) is 0 Å². The minimum atomic E-state index is -0.320. The SMILES string of the molecule is Cc1cc(C)nc(SCC(=O)Nc2cccc(COc3ccc(NC(=O)CCN[C@@H]4CCCC[C@H]4O)cc3)c2)n1. The molecular weight excluding hydrogens is 526 g/mol. The van der Waals surface area contributed by atoms with Crippen molar-refractivity contribution < 1.29 is 19.4 Å². The lowest BCUT2D eigenvalue weighted by Crippen LogP contribution is -2.43. The van der Waals surface area contributed by atoms with Crippen LogP contribution in [0.3, 0.4) is 0 Å². The summed E-state index contributed by atoms with van der Waals surface area (Å²) >= 11 is 1.30. The van der Waals surface area contributed by atoms with Crippen LogP contribution in [0.2, 0.25) is 0 Å². The third-order valence-corrected chi connectivity index (χ3v) is 7.38. The molecule has 1 fully saturated rings. The van der Waals surface area contributed by atoms with E-state index in [1.165, 1.54) is 11.8 Å². The molecule has 1 aliphatic carbocycles. The minimum absolute atomic E-state index is 0.0785. The highest BCUT2D eigenvalue weighted by atomic mass is 32.2. The predicted octanol–water partition coefficient (Wildman–Crippen LogP) is 4.62. The quantitative estimate of drug-likeness (QED) is 0.186. The Hall–Kier alpha value is -3.47. The number of benzene rings is 2. The maximum atomic E-state index is 12.4. The number of carbonyl (C=O) groups excluding carboxylic acids is 2. The fourth-order valence-corrected chi connectivity index (χ4v) is 5.32. The molecule has 0 radical (unpaired) electrons. The Bertz CT molecular complexity index is 1270. The van der Waals surface area contributed by atoms with Gasteiger partial charge in [0.15, 0.2) is 5.16 Å². The van der Waals surface area contributed by atoms with Gasteiger partial charge in [0, 0.05) is 41.8 Å². The molecule has 1 aliphatic rings. The summed E-state index contributed by atoms with van der Waals surface area (Å²) < 4.78 is 5.90. The van der Waals surface area contributed by atoms with Gasteiger partial charge in [-0.1, -0.05) is 36.7 Å². The molecule has 1 heterocycles. The molecule has 1 aromatic heterocycles. The highest BCUT2D eigenvalue weighted by Crippen LogP contribution is 2.20. The number of aromatic nitrogens is 2. The van der Waals surface area contributed by atoms with Gasteiger partial charge in [-0.3, -0.25) is 9.59 Å². The Labute approximate surface area is 239 Å².